The largest absolute Gasteiger partial charge is 0.481 e. The Morgan fingerprint density at radius 1 is 1.18 bits per heavy atom. The fourth-order valence-electron chi connectivity index (χ4n) is 5.45. The maximum atomic E-state index is 13.6. The molecule has 4 rings (SSSR count). The number of benzene rings is 1. The number of aromatic amines is 1. The van der Waals surface area contributed by atoms with Gasteiger partial charge < -0.3 is 25.3 Å². The molecule has 202 valence electrons. The van der Waals surface area contributed by atoms with E-state index < -0.39 is 0 Å². The first-order chi connectivity index (χ1) is 18.2. The van der Waals surface area contributed by atoms with Crippen LogP contribution in [-0.2, 0) is 6.54 Å². The Hall–Kier alpha value is -3.65. The van der Waals surface area contributed by atoms with Crippen LogP contribution in [0.4, 0.5) is 5.69 Å². The number of ether oxygens (including phenoxy) is 1. The molecular formula is C30H39N5O3. The van der Waals surface area contributed by atoms with Crippen molar-refractivity contribution in [3.8, 4) is 17.0 Å². The minimum Gasteiger partial charge on any atom is -0.481 e. The Kier molecular flexibility index (Phi) is 8.52. The number of carbonyl (C=O) groups excluding carboxylic acids is 1. The molecule has 3 N–H and O–H groups in total. The molecule has 1 saturated heterocycles. The second-order valence-electron chi connectivity index (χ2n) is 10.2. The molecule has 2 aromatic heterocycles. The summed E-state index contributed by atoms with van der Waals surface area (Å²) in [7, 11) is 1.59. The number of methoxy groups -OCH3 is 1. The predicted octanol–water partition coefficient (Wildman–Crippen LogP) is 4.27. The molecule has 0 radical (unpaired) electrons. The minimum atomic E-state index is -0.207. The lowest BCUT2D eigenvalue weighted by Gasteiger charge is -2.39. The van der Waals surface area contributed by atoms with Crippen molar-refractivity contribution >= 4 is 11.6 Å². The van der Waals surface area contributed by atoms with Gasteiger partial charge in [0.1, 0.15) is 0 Å². The lowest BCUT2D eigenvalue weighted by molar-refractivity contribution is 0.0950. The molecule has 3 aromatic rings. The van der Waals surface area contributed by atoms with Gasteiger partial charge in [-0.15, -0.1) is 0 Å². The summed E-state index contributed by atoms with van der Waals surface area (Å²) in [5.74, 6) is 0.331. The van der Waals surface area contributed by atoms with Gasteiger partial charge in [-0.25, -0.2) is 4.98 Å². The number of anilines is 1. The van der Waals surface area contributed by atoms with Gasteiger partial charge in [-0.1, -0.05) is 0 Å². The summed E-state index contributed by atoms with van der Waals surface area (Å²) < 4.78 is 5.24. The summed E-state index contributed by atoms with van der Waals surface area (Å²) in [6.45, 7) is 12.1. The predicted molar refractivity (Wildman–Crippen MR) is 152 cm³/mol. The van der Waals surface area contributed by atoms with Crippen LogP contribution < -0.4 is 25.8 Å². The van der Waals surface area contributed by atoms with E-state index in [4.69, 9.17) is 4.74 Å². The number of amides is 1. The molecule has 8 nitrogen and oxygen atoms in total. The Bertz CT molecular complexity index is 1350. The van der Waals surface area contributed by atoms with E-state index in [0.717, 1.165) is 59.6 Å². The van der Waals surface area contributed by atoms with Crippen molar-refractivity contribution in [3.05, 3.63) is 74.8 Å². The molecule has 1 aliphatic rings. The van der Waals surface area contributed by atoms with Crippen molar-refractivity contribution in [2.45, 2.75) is 66.1 Å². The standard InChI is InChI=1S/C30H39N5O3/c1-7-35(24-10-11-31-19(3)13-24)27-15-23(22-8-9-28(38-6)32-16-22)14-25(21(27)5)29(36)33-17-26-18(2)12-20(4)34-30(26)37/h8-9,12,14-16,19,24,31H,7,10-11,13,17H2,1-6H3,(H,33,36)(H,34,37)/t19-,24?/m1/s1. The number of hydrogen-bond donors (Lipinski definition) is 3. The van der Waals surface area contributed by atoms with Crippen LogP contribution in [0.5, 0.6) is 5.88 Å². The molecule has 8 heteroatoms. The van der Waals surface area contributed by atoms with E-state index in [1.807, 2.05) is 45.0 Å². The van der Waals surface area contributed by atoms with Crippen LogP contribution in [0.1, 0.15) is 59.4 Å². The van der Waals surface area contributed by atoms with Crippen LogP contribution in [0.2, 0.25) is 0 Å². The number of H-pyrrole nitrogens is 1. The van der Waals surface area contributed by atoms with Crippen molar-refractivity contribution < 1.29 is 9.53 Å². The first-order valence-electron chi connectivity index (χ1n) is 13.3. The molecule has 2 atom stereocenters. The Balaban J connectivity index is 1.74. The topological polar surface area (TPSA) is 99.3 Å². The molecule has 1 unspecified atom stereocenters. The lowest BCUT2D eigenvalue weighted by atomic mass is 9.94. The normalized spacial score (nSPS) is 17.2. The highest BCUT2D eigenvalue weighted by molar-refractivity contribution is 5.99. The zero-order chi connectivity index (χ0) is 27.4. The third-order valence-corrected chi connectivity index (χ3v) is 7.51. The summed E-state index contributed by atoms with van der Waals surface area (Å²) in [5, 5.41) is 6.54. The SMILES string of the molecule is CCN(c1cc(-c2ccc(OC)nc2)cc(C(=O)NCc2c(C)cc(C)[nH]c2=O)c1C)C1CCN[C@H](C)C1. The van der Waals surface area contributed by atoms with Crippen molar-refractivity contribution in [2.75, 3.05) is 25.1 Å². The second-order valence-corrected chi connectivity index (χ2v) is 10.2. The minimum absolute atomic E-state index is 0.159. The average Bonchev–Trinajstić information content (AvgIpc) is 2.89. The summed E-state index contributed by atoms with van der Waals surface area (Å²) in [6.07, 6.45) is 3.86. The molecule has 0 bridgehead atoms. The molecule has 1 fully saturated rings. The second kappa shape index (κ2) is 11.8. The quantitative estimate of drug-likeness (QED) is 0.413. The molecule has 1 aliphatic heterocycles. The molecule has 38 heavy (non-hydrogen) atoms. The molecule has 0 aliphatic carbocycles. The third kappa shape index (κ3) is 5.91. The zero-order valence-corrected chi connectivity index (χ0v) is 23.3. The smallest absolute Gasteiger partial charge is 0.253 e. The van der Waals surface area contributed by atoms with Crippen LogP contribution in [0.25, 0.3) is 11.1 Å². The summed E-state index contributed by atoms with van der Waals surface area (Å²) in [6, 6.07) is 10.6. The van der Waals surface area contributed by atoms with Crippen molar-refractivity contribution in [1.29, 1.82) is 0 Å². The molecule has 0 saturated carbocycles. The first-order valence-corrected chi connectivity index (χ1v) is 13.3. The van der Waals surface area contributed by atoms with Gasteiger partial charge in [0, 0.05) is 65.5 Å². The van der Waals surface area contributed by atoms with Gasteiger partial charge in [0.2, 0.25) is 5.88 Å². The van der Waals surface area contributed by atoms with Gasteiger partial charge in [0.05, 0.1) is 7.11 Å². The molecule has 1 amide bonds. The third-order valence-electron chi connectivity index (χ3n) is 7.51. The average molecular weight is 518 g/mol. The number of aryl methyl sites for hydroxylation is 2. The number of nitrogens with one attached hydrogen (secondary N) is 3. The van der Waals surface area contributed by atoms with Gasteiger partial charge in [-0.05, 0) is 95.0 Å². The summed E-state index contributed by atoms with van der Waals surface area (Å²) in [5.41, 5.74) is 6.44. The van der Waals surface area contributed by atoms with E-state index in [1.54, 1.807) is 13.3 Å². The number of rotatable bonds is 8. The molecule has 1 aromatic carbocycles. The molecule has 0 spiro atoms. The highest BCUT2D eigenvalue weighted by Crippen LogP contribution is 2.34. The van der Waals surface area contributed by atoms with Crippen LogP contribution in [0.3, 0.4) is 0 Å². The van der Waals surface area contributed by atoms with E-state index in [1.165, 1.54) is 0 Å². The van der Waals surface area contributed by atoms with Crippen LogP contribution >= 0.6 is 0 Å². The summed E-state index contributed by atoms with van der Waals surface area (Å²) in [4.78, 5) is 35.8. The van der Waals surface area contributed by atoms with Crippen molar-refractivity contribution in [3.63, 3.8) is 0 Å². The number of pyridine rings is 2. The number of piperidine rings is 1. The molecule has 3 heterocycles. The molecular weight excluding hydrogens is 478 g/mol. The van der Waals surface area contributed by atoms with Crippen LogP contribution in [0.15, 0.2) is 41.3 Å². The fraction of sp³-hybridized carbons (Fsp3) is 0.433. The van der Waals surface area contributed by atoms with Crippen LogP contribution in [-0.4, -0.2) is 48.2 Å². The van der Waals surface area contributed by atoms with Gasteiger partial charge in [-0.2, -0.15) is 0 Å². The Labute approximate surface area is 224 Å². The number of carbonyl (C=O) groups is 1. The van der Waals surface area contributed by atoms with Crippen molar-refractivity contribution in [1.82, 2.24) is 20.6 Å². The highest BCUT2D eigenvalue weighted by Gasteiger charge is 2.27. The van der Waals surface area contributed by atoms with E-state index in [9.17, 15) is 9.59 Å². The number of hydrogen-bond acceptors (Lipinski definition) is 6. The van der Waals surface area contributed by atoms with E-state index in [0.29, 0.717) is 29.1 Å². The highest BCUT2D eigenvalue weighted by atomic mass is 16.5. The fourth-order valence-corrected chi connectivity index (χ4v) is 5.45. The van der Waals surface area contributed by atoms with E-state index >= 15 is 0 Å². The number of nitrogens with zero attached hydrogens (tertiary/aromatic N) is 2. The number of aromatic nitrogens is 2. The monoisotopic (exact) mass is 517 g/mol. The van der Waals surface area contributed by atoms with E-state index in [-0.39, 0.29) is 18.0 Å². The van der Waals surface area contributed by atoms with Gasteiger partial charge >= 0.3 is 0 Å². The van der Waals surface area contributed by atoms with Gasteiger partial charge in [-0.3, -0.25) is 9.59 Å². The van der Waals surface area contributed by atoms with Crippen molar-refractivity contribution in [2.24, 2.45) is 0 Å². The first kappa shape index (κ1) is 27.4. The van der Waals surface area contributed by atoms with E-state index in [2.05, 4.69) is 45.4 Å². The maximum absolute atomic E-state index is 13.6. The van der Waals surface area contributed by atoms with Crippen LogP contribution in [0, 0.1) is 20.8 Å². The Morgan fingerprint density at radius 2 is 1.97 bits per heavy atom. The van der Waals surface area contributed by atoms with Gasteiger partial charge in [0.25, 0.3) is 11.5 Å². The zero-order valence-electron chi connectivity index (χ0n) is 23.3. The Morgan fingerprint density at radius 3 is 2.61 bits per heavy atom. The van der Waals surface area contributed by atoms with Gasteiger partial charge in [0.15, 0.2) is 0 Å². The maximum Gasteiger partial charge on any atom is 0.253 e. The lowest BCUT2D eigenvalue weighted by Crippen LogP contribution is -2.47. The summed E-state index contributed by atoms with van der Waals surface area (Å²) >= 11 is 0.